The molecule has 0 spiro atoms. The lowest BCUT2D eigenvalue weighted by Gasteiger charge is -2.27. The third kappa shape index (κ3) is 9.17. The number of fused-ring (bicyclic) bond motifs is 1. The second kappa shape index (κ2) is 15.9. The molecule has 2 aromatic heterocycles. The Morgan fingerprint density at radius 3 is 2.28 bits per heavy atom. The monoisotopic (exact) mass is 631 g/mol. The molecule has 10 nitrogen and oxygen atoms in total. The number of anilines is 1. The molecule has 0 atom stereocenters. The Bertz CT molecular complexity index is 1670. The van der Waals surface area contributed by atoms with Crippen LogP contribution in [0.15, 0.2) is 104 Å². The molecule has 1 amide bonds. The number of amides is 1. The molecule has 3 heterocycles. The number of benzene rings is 3. The summed E-state index contributed by atoms with van der Waals surface area (Å²) >= 11 is 0. The van der Waals surface area contributed by atoms with E-state index in [1.165, 1.54) is 11.1 Å². The summed E-state index contributed by atoms with van der Waals surface area (Å²) in [5.74, 6) is 2.69. The number of imidazole rings is 1. The minimum Gasteiger partial charge on any atom is -0.486 e. The van der Waals surface area contributed by atoms with Crippen LogP contribution in [0.1, 0.15) is 28.8 Å². The Balaban J connectivity index is 1.13. The number of carbonyl (C=O) groups is 1. The van der Waals surface area contributed by atoms with Crippen LogP contribution in [0.4, 0.5) is 5.82 Å². The third-order valence-electron chi connectivity index (χ3n) is 7.97. The first-order valence-electron chi connectivity index (χ1n) is 16.1. The molecule has 0 aliphatic carbocycles. The number of rotatable bonds is 15. The van der Waals surface area contributed by atoms with Crippen LogP contribution in [0, 0.1) is 6.92 Å². The van der Waals surface area contributed by atoms with Crippen LogP contribution < -0.4 is 19.7 Å². The second-order valence-corrected chi connectivity index (χ2v) is 11.7. The van der Waals surface area contributed by atoms with Crippen molar-refractivity contribution in [3.05, 3.63) is 126 Å². The summed E-state index contributed by atoms with van der Waals surface area (Å²) in [4.78, 5) is 31.5. The van der Waals surface area contributed by atoms with E-state index >= 15 is 0 Å². The van der Waals surface area contributed by atoms with E-state index < -0.39 is 0 Å². The fourth-order valence-corrected chi connectivity index (χ4v) is 5.67. The lowest BCUT2D eigenvalue weighted by Crippen LogP contribution is -2.40. The van der Waals surface area contributed by atoms with Gasteiger partial charge in [-0.15, -0.1) is 0 Å². The Kier molecular flexibility index (Phi) is 10.7. The van der Waals surface area contributed by atoms with E-state index in [-0.39, 0.29) is 12.5 Å². The maximum Gasteiger partial charge on any atom is 0.239 e. The van der Waals surface area contributed by atoms with Crippen LogP contribution in [-0.2, 0) is 24.3 Å². The molecule has 10 heteroatoms. The number of nitrogens with one attached hydrogen (secondary N) is 1. The van der Waals surface area contributed by atoms with Gasteiger partial charge in [0.05, 0.1) is 6.54 Å². The summed E-state index contributed by atoms with van der Waals surface area (Å²) < 4.78 is 13.1. The highest BCUT2D eigenvalue weighted by molar-refractivity contribution is 5.81. The number of nitrogens with zero attached hydrogens (tertiary/aromatic N) is 6. The van der Waals surface area contributed by atoms with Crippen molar-refractivity contribution < 1.29 is 14.3 Å². The average Bonchev–Trinajstić information content (AvgIpc) is 3.64. The molecule has 242 valence electrons. The first-order chi connectivity index (χ1) is 23.1. The van der Waals surface area contributed by atoms with Crippen LogP contribution >= 0.6 is 0 Å². The molecular weight excluding hydrogens is 590 g/mol. The molecule has 0 unspecified atom stereocenters. The molecule has 5 aromatic rings. The summed E-state index contributed by atoms with van der Waals surface area (Å²) in [6, 6.07) is 29.0. The molecule has 1 N–H and O–H groups in total. The third-order valence-corrected chi connectivity index (χ3v) is 7.97. The van der Waals surface area contributed by atoms with Gasteiger partial charge in [-0.2, -0.15) is 4.98 Å². The standard InChI is InChI=1S/C37H41N7O3/c1-29-23-35(41-37(40-29)44-20-17-38-28-44)43(27-36(45)39-16-15-30-13-14-33-34(24-30)47-22-21-46-33)19-8-18-42(25-31-9-4-2-5-10-31)26-32-11-6-3-7-12-32/h2-7,9-14,17,20,23-24,28H,8,15-16,18-19,21-22,25-27H2,1H3,(H,39,45). The molecule has 0 bridgehead atoms. The minimum absolute atomic E-state index is 0.0617. The number of aryl methyl sites for hydroxylation is 1. The number of hydrogen-bond acceptors (Lipinski definition) is 8. The molecule has 0 fully saturated rings. The van der Waals surface area contributed by atoms with Crippen molar-refractivity contribution in [2.45, 2.75) is 32.9 Å². The van der Waals surface area contributed by atoms with Crippen LogP contribution in [-0.4, -0.2) is 69.7 Å². The second-order valence-electron chi connectivity index (χ2n) is 11.7. The van der Waals surface area contributed by atoms with Crippen molar-refractivity contribution >= 4 is 11.7 Å². The first kappa shape index (κ1) is 31.7. The minimum atomic E-state index is -0.0617. The van der Waals surface area contributed by atoms with E-state index in [0.29, 0.717) is 44.5 Å². The molecule has 0 radical (unpaired) electrons. The van der Waals surface area contributed by atoms with Gasteiger partial charge in [-0.3, -0.25) is 14.3 Å². The van der Waals surface area contributed by atoms with Crippen LogP contribution in [0.3, 0.4) is 0 Å². The largest absolute Gasteiger partial charge is 0.486 e. The highest BCUT2D eigenvalue weighted by Crippen LogP contribution is 2.30. The van der Waals surface area contributed by atoms with Gasteiger partial charge >= 0.3 is 0 Å². The van der Waals surface area contributed by atoms with Gasteiger partial charge in [0.2, 0.25) is 11.9 Å². The normalized spacial score (nSPS) is 12.2. The van der Waals surface area contributed by atoms with Crippen LogP contribution in [0.2, 0.25) is 0 Å². The van der Waals surface area contributed by atoms with Gasteiger partial charge in [0.25, 0.3) is 0 Å². The lowest BCUT2D eigenvalue weighted by molar-refractivity contribution is -0.119. The summed E-state index contributed by atoms with van der Waals surface area (Å²) in [6.45, 7) is 6.92. The summed E-state index contributed by atoms with van der Waals surface area (Å²) in [6.07, 6.45) is 6.73. The highest BCUT2D eigenvalue weighted by atomic mass is 16.6. The molecule has 3 aromatic carbocycles. The molecule has 1 aliphatic heterocycles. The van der Waals surface area contributed by atoms with Gasteiger partial charge in [-0.05, 0) is 48.6 Å². The Morgan fingerprint density at radius 2 is 1.57 bits per heavy atom. The van der Waals surface area contributed by atoms with Crippen molar-refractivity contribution in [3.63, 3.8) is 0 Å². The summed E-state index contributed by atoms with van der Waals surface area (Å²) in [7, 11) is 0. The maximum atomic E-state index is 13.4. The topological polar surface area (TPSA) is 97.6 Å². The predicted molar refractivity (Wildman–Crippen MR) is 182 cm³/mol. The van der Waals surface area contributed by atoms with Gasteiger partial charge in [0.15, 0.2) is 11.5 Å². The SMILES string of the molecule is Cc1cc(N(CCCN(Cc2ccccc2)Cc2ccccc2)CC(=O)NCCc2ccc3c(c2)OCCO3)nc(-n2ccnc2)n1. The van der Waals surface area contributed by atoms with E-state index in [0.717, 1.165) is 48.8 Å². The van der Waals surface area contributed by atoms with Gasteiger partial charge in [-0.1, -0.05) is 66.7 Å². The van der Waals surface area contributed by atoms with Gasteiger partial charge in [-0.25, -0.2) is 9.97 Å². The molecule has 0 saturated heterocycles. The van der Waals surface area contributed by atoms with E-state index in [2.05, 4.69) is 73.6 Å². The zero-order valence-corrected chi connectivity index (χ0v) is 26.8. The molecule has 6 rings (SSSR count). The van der Waals surface area contributed by atoms with Gasteiger partial charge in [0.1, 0.15) is 25.4 Å². The zero-order valence-electron chi connectivity index (χ0n) is 26.8. The van der Waals surface area contributed by atoms with E-state index in [1.54, 1.807) is 17.1 Å². The van der Waals surface area contributed by atoms with Crippen molar-refractivity contribution in [2.24, 2.45) is 0 Å². The molecule has 47 heavy (non-hydrogen) atoms. The van der Waals surface area contributed by atoms with Gasteiger partial charge < -0.3 is 19.7 Å². The Labute approximate surface area is 276 Å². The molecule has 0 saturated carbocycles. The van der Waals surface area contributed by atoms with Crippen molar-refractivity contribution in [1.82, 2.24) is 29.7 Å². The molecule has 1 aliphatic rings. The number of hydrogen-bond donors (Lipinski definition) is 1. The lowest BCUT2D eigenvalue weighted by atomic mass is 10.1. The van der Waals surface area contributed by atoms with Crippen molar-refractivity contribution in [3.8, 4) is 17.4 Å². The molecular formula is C37H41N7O3. The Hall–Kier alpha value is -5.22. The number of aromatic nitrogens is 4. The number of carbonyl (C=O) groups excluding carboxylic acids is 1. The van der Waals surface area contributed by atoms with Crippen LogP contribution in [0.25, 0.3) is 5.95 Å². The summed E-state index contributed by atoms with van der Waals surface area (Å²) in [5.41, 5.74) is 4.44. The quantitative estimate of drug-likeness (QED) is 0.173. The number of ether oxygens (including phenoxy) is 2. The maximum absolute atomic E-state index is 13.4. The average molecular weight is 632 g/mol. The van der Waals surface area contributed by atoms with E-state index in [1.807, 2.05) is 49.5 Å². The van der Waals surface area contributed by atoms with Crippen LogP contribution in [0.5, 0.6) is 11.5 Å². The fourth-order valence-electron chi connectivity index (χ4n) is 5.67. The van der Waals surface area contributed by atoms with Crippen molar-refractivity contribution in [1.29, 1.82) is 0 Å². The fraction of sp³-hybridized carbons (Fsp3) is 0.297. The smallest absolute Gasteiger partial charge is 0.239 e. The Morgan fingerprint density at radius 1 is 0.851 bits per heavy atom. The van der Waals surface area contributed by atoms with E-state index in [4.69, 9.17) is 14.5 Å². The first-order valence-corrected chi connectivity index (χ1v) is 16.1. The van der Waals surface area contributed by atoms with Crippen molar-refractivity contribution in [2.75, 3.05) is 44.3 Å². The van der Waals surface area contributed by atoms with Gasteiger partial charge in [0, 0.05) is 56.9 Å². The zero-order chi connectivity index (χ0) is 32.3. The summed E-state index contributed by atoms with van der Waals surface area (Å²) in [5, 5.41) is 3.11. The van der Waals surface area contributed by atoms with E-state index in [9.17, 15) is 4.79 Å². The highest BCUT2D eigenvalue weighted by Gasteiger charge is 2.17. The predicted octanol–water partition coefficient (Wildman–Crippen LogP) is 5.00.